The van der Waals surface area contributed by atoms with E-state index >= 15 is 0 Å². The fourth-order valence-corrected chi connectivity index (χ4v) is 1.77. The van der Waals surface area contributed by atoms with Crippen LogP contribution in [0.4, 0.5) is 0 Å². The zero-order valence-electron chi connectivity index (χ0n) is 11.8. The molecule has 1 fully saturated rings. The van der Waals surface area contributed by atoms with Gasteiger partial charge in [0.1, 0.15) is 11.6 Å². The van der Waals surface area contributed by atoms with Crippen LogP contribution in [-0.2, 0) is 19.1 Å². The van der Waals surface area contributed by atoms with Crippen LogP contribution in [0, 0.1) is 0 Å². The van der Waals surface area contributed by atoms with Crippen LogP contribution in [0.25, 0.3) is 0 Å². The van der Waals surface area contributed by atoms with Gasteiger partial charge in [0.15, 0.2) is 0 Å². The molecule has 0 aromatic heterocycles. The van der Waals surface area contributed by atoms with E-state index < -0.39 is 23.5 Å². The van der Waals surface area contributed by atoms with Crippen LogP contribution < -0.4 is 5.32 Å². The molecule has 3 atom stereocenters. The van der Waals surface area contributed by atoms with Crippen LogP contribution in [0.5, 0.6) is 0 Å². The van der Waals surface area contributed by atoms with Crippen molar-refractivity contribution in [3.05, 3.63) is 0 Å². The molecule has 3 unspecified atom stereocenters. The molecule has 1 aliphatic heterocycles. The quantitative estimate of drug-likeness (QED) is 0.721. The van der Waals surface area contributed by atoms with Crippen molar-refractivity contribution in [3.8, 4) is 0 Å². The lowest BCUT2D eigenvalue weighted by atomic mass is 9.99. The number of carbonyl (C=O) groups excluding carboxylic acids is 1. The smallest absolute Gasteiger partial charge is 0.329 e. The maximum absolute atomic E-state index is 11.9. The summed E-state index contributed by atoms with van der Waals surface area (Å²) < 4.78 is 10.8. The molecular weight excluding hydrogens is 250 g/mol. The highest BCUT2D eigenvalue weighted by Crippen LogP contribution is 2.14. The Bertz CT molecular complexity index is 327. The molecule has 2 N–H and O–H groups in total. The van der Waals surface area contributed by atoms with Gasteiger partial charge in [-0.1, -0.05) is 6.92 Å². The highest BCUT2D eigenvalue weighted by atomic mass is 16.5. The van der Waals surface area contributed by atoms with Gasteiger partial charge in [0.05, 0.1) is 12.7 Å². The average Bonchev–Trinajstić information content (AvgIpc) is 2.88. The first-order chi connectivity index (χ1) is 8.89. The van der Waals surface area contributed by atoms with Gasteiger partial charge in [-0.3, -0.25) is 4.79 Å². The highest BCUT2D eigenvalue weighted by Gasteiger charge is 2.34. The summed E-state index contributed by atoms with van der Waals surface area (Å²) in [6, 6.07) is 0. The van der Waals surface area contributed by atoms with Gasteiger partial charge in [0.2, 0.25) is 5.91 Å². The monoisotopic (exact) mass is 273 g/mol. The summed E-state index contributed by atoms with van der Waals surface area (Å²) in [6.07, 6.45) is 1.63. The Hall–Kier alpha value is -1.14. The standard InChI is InChI=1S/C13H23NO5/c1-4-13(3,12(16)17)14-11(15)9(2)19-8-10-6-5-7-18-10/h9-10H,4-8H2,1-3H3,(H,14,15)(H,16,17). The second kappa shape index (κ2) is 6.86. The third-order valence-electron chi connectivity index (χ3n) is 3.50. The van der Waals surface area contributed by atoms with Gasteiger partial charge in [0, 0.05) is 6.61 Å². The summed E-state index contributed by atoms with van der Waals surface area (Å²) in [5, 5.41) is 11.6. The molecule has 1 amide bonds. The van der Waals surface area contributed by atoms with Crippen molar-refractivity contribution in [1.29, 1.82) is 0 Å². The lowest BCUT2D eigenvalue weighted by molar-refractivity contribution is -0.149. The number of nitrogens with one attached hydrogen (secondary N) is 1. The number of carboxylic acids is 1. The average molecular weight is 273 g/mol. The van der Waals surface area contributed by atoms with Gasteiger partial charge in [-0.15, -0.1) is 0 Å². The molecule has 1 saturated heterocycles. The maximum atomic E-state index is 11.9. The SMILES string of the molecule is CCC(C)(NC(=O)C(C)OCC1CCCO1)C(=O)O. The fraction of sp³-hybridized carbons (Fsp3) is 0.846. The highest BCUT2D eigenvalue weighted by molar-refractivity contribution is 5.88. The van der Waals surface area contributed by atoms with Gasteiger partial charge < -0.3 is 19.9 Å². The molecule has 19 heavy (non-hydrogen) atoms. The molecule has 0 spiro atoms. The van der Waals surface area contributed by atoms with E-state index in [1.807, 2.05) is 0 Å². The van der Waals surface area contributed by atoms with Crippen LogP contribution in [0.1, 0.15) is 40.0 Å². The lowest BCUT2D eigenvalue weighted by Crippen LogP contribution is -2.54. The minimum absolute atomic E-state index is 0.0484. The molecule has 0 bridgehead atoms. The van der Waals surface area contributed by atoms with Crippen LogP contribution >= 0.6 is 0 Å². The van der Waals surface area contributed by atoms with Crippen molar-refractivity contribution in [2.24, 2.45) is 0 Å². The number of aliphatic carboxylic acids is 1. The topological polar surface area (TPSA) is 84.9 Å². The van der Waals surface area contributed by atoms with Gasteiger partial charge in [-0.05, 0) is 33.1 Å². The number of hydrogen-bond acceptors (Lipinski definition) is 4. The third kappa shape index (κ3) is 4.47. The first-order valence-electron chi connectivity index (χ1n) is 6.67. The van der Waals surface area contributed by atoms with E-state index in [4.69, 9.17) is 14.6 Å². The van der Waals surface area contributed by atoms with E-state index in [1.54, 1.807) is 13.8 Å². The summed E-state index contributed by atoms with van der Waals surface area (Å²) in [4.78, 5) is 23.0. The molecule has 0 saturated carbocycles. The normalized spacial score (nSPS) is 23.6. The van der Waals surface area contributed by atoms with Crippen molar-refractivity contribution in [1.82, 2.24) is 5.32 Å². The van der Waals surface area contributed by atoms with Crippen molar-refractivity contribution in [2.75, 3.05) is 13.2 Å². The Morgan fingerprint density at radius 3 is 2.74 bits per heavy atom. The van der Waals surface area contributed by atoms with Crippen LogP contribution in [0.2, 0.25) is 0 Å². The Balaban J connectivity index is 2.40. The molecular formula is C13H23NO5. The van der Waals surface area contributed by atoms with E-state index in [0.29, 0.717) is 13.0 Å². The van der Waals surface area contributed by atoms with Gasteiger partial charge in [-0.25, -0.2) is 4.79 Å². The van der Waals surface area contributed by atoms with Gasteiger partial charge in [-0.2, -0.15) is 0 Å². The Kier molecular flexibility index (Phi) is 5.75. The summed E-state index contributed by atoms with van der Waals surface area (Å²) in [5.41, 5.74) is -1.25. The minimum atomic E-state index is -1.25. The number of amides is 1. The van der Waals surface area contributed by atoms with E-state index in [2.05, 4.69) is 5.32 Å². The number of carboxylic acid groups (broad SMARTS) is 1. The number of rotatable bonds is 7. The molecule has 0 radical (unpaired) electrons. The van der Waals surface area contributed by atoms with Gasteiger partial charge >= 0.3 is 5.97 Å². The molecule has 0 aromatic carbocycles. The van der Waals surface area contributed by atoms with Crippen LogP contribution in [0.15, 0.2) is 0 Å². The van der Waals surface area contributed by atoms with Crippen molar-refractivity contribution < 1.29 is 24.2 Å². The molecule has 6 nitrogen and oxygen atoms in total. The molecule has 1 heterocycles. The summed E-state index contributed by atoms with van der Waals surface area (Å²) >= 11 is 0. The second-order valence-electron chi connectivity index (χ2n) is 5.09. The largest absolute Gasteiger partial charge is 0.480 e. The Labute approximate surface area is 113 Å². The van der Waals surface area contributed by atoms with E-state index in [0.717, 1.165) is 19.4 Å². The summed E-state index contributed by atoms with van der Waals surface area (Å²) in [5.74, 6) is -1.46. The second-order valence-corrected chi connectivity index (χ2v) is 5.09. The van der Waals surface area contributed by atoms with E-state index in [-0.39, 0.29) is 6.10 Å². The Morgan fingerprint density at radius 2 is 2.26 bits per heavy atom. The number of carbonyl (C=O) groups is 2. The van der Waals surface area contributed by atoms with Gasteiger partial charge in [0.25, 0.3) is 0 Å². The fourth-order valence-electron chi connectivity index (χ4n) is 1.77. The zero-order valence-corrected chi connectivity index (χ0v) is 11.8. The lowest BCUT2D eigenvalue weighted by Gasteiger charge is -2.26. The molecule has 1 rings (SSSR count). The molecule has 6 heteroatoms. The van der Waals surface area contributed by atoms with E-state index in [1.165, 1.54) is 6.92 Å². The first kappa shape index (κ1) is 15.9. The zero-order chi connectivity index (χ0) is 14.5. The number of hydrogen-bond donors (Lipinski definition) is 2. The molecule has 1 aliphatic rings. The summed E-state index contributed by atoms with van der Waals surface area (Å²) in [7, 11) is 0. The minimum Gasteiger partial charge on any atom is -0.480 e. The molecule has 0 aromatic rings. The Morgan fingerprint density at radius 1 is 1.58 bits per heavy atom. The summed E-state index contributed by atoms with van der Waals surface area (Å²) in [6.45, 7) is 5.92. The number of ether oxygens (including phenoxy) is 2. The first-order valence-corrected chi connectivity index (χ1v) is 6.67. The van der Waals surface area contributed by atoms with E-state index in [9.17, 15) is 9.59 Å². The predicted molar refractivity (Wildman–Crippen MR) is 68.9 cm³/mol. The molecule has 0 aliphatic carbocycles. The van der Waals surface area contributed by atoms with Crippen molar-refractivity contribution in [3.63, 3.8) is 0 Å². The van der Waals surface area contributed by atoms with Crippen molar-refractivity contribution >= 4 is 11.9 Å². The van der Waals surface area contributed by atoms with Crippen LogP contribution in [0.3, 0.4) is 0 Å². The van der Waals surface area contributed by atoms with Crippen molar-refractivity contribution in [2.45, 2.75) is 57.8 Å². The van der Waals surface area contributed by atoms with Crippen LogP contribution in [-0.4, -0.2) is 47.9 Å². The predicted octanol–water partition coefficient (Wildman–Crippen LogP) is 0.940. The third-order valence-corrected chi connectivity index (χ3v) is 3.50. The molecule has 110 valence electrons. The maximum Gasteiger partial charge on any atom is 0.329 e.